The average molecular weight is 575 g/mol. The van der Waals surface area contributed by atoms with E-state index in [1.54, 1.807) is 12.3 Å². The van der Waals surface area contributed by atoms with Crippen molar-refractivity contribution in [2.45, 2.75) is 31.7 Å². The molecule has 212 valence electrons. The quantitative estimate of drug-likeness (QED) is 0.158. The van der Waals surface area contributed by atoms with Gasteiger partial charge in [0.25, 0.3) is 17.4 Å². The van der Waals surface area contributed by atoms with Crippen LogP contribution >= 0.6 is 11.6 Å². The molecule has 0 atom stereocenters. The first-order valence-corrected chi connectivity index (χ1v) is 13.8. The van der Waals surface area contributed by atoms with E-state index in [4.69, 9.17) is 23.1 Å². The molecule has 4 aromatic rings. The van der Waals surface area contributed by atoms with Gasteiger partial charge >= 0.3 is 0 Å². The minimum absolute atomic E-state index is 0.134. The highest BCUT2D eigenvalue weighted by molar-refractivity contribution is 6.34. The molecule has 12 heteroatoms. The first kappa shape index (κ1) is 28.1. The summed E-state index contributed by atoms with van der Waals surface area (Å²) in [5.74, 6) is -0.482. The van der Waals surface area contributed by atoms with Crippen molar-refractivity contribution in [1.29, 1.82) is 0 Å². The number of anilines is 3. The van der Waals surface area contributed by atoms with Gasteiger partial charge < -0.3 is 32.0 Å². The van der Waals surface area contributed by atoms with E-state index in [1.807, 2.05) is 29.2 Å². The number of nitrogens with two attached hydrogens (primary N) is 2. The van der Waals surface area contributed by atoms with Crippen molar-refractivity contribution in [2.75, 3.05) is 35.6 Å². The molecule has 1 aliphatic rings. The van der Waals surface area contributed by atoms with Crippen LogP contribution in [0, 0.1) is 0 Å². The summed E-state index contributed by atoms with van der Waals surface area (Å²) in [6, 6.07) is 13.8. The number of fused-ring (bicyclic) bond motifs is 1. The molecule has 0 unspecified atom stereocenters. The maximum Gasteiger partial charge on any atom is 0.262 e. The van der Waals surface area contributed by atoms with Crippen molar-refractivity contribution in [2.24, 2.45) is 5.73 Å². The van der Waals surface area contributed by atoms with Crippen molar-refractivity contribution < 1.29 is 9.59 Å². The summed E-state index contributed by atoms with van der Waals surface area (Å²) in [5.41, 5.74) is 13.7. The topological polar surface area (TPSA) is 172 Å². The number of nitrogens with one attached hydrogen (secondary N) is 3. The number of carbonyl (C=O) groups excluding carboxylic acids is 2. The third-order valence-corrected chi connectivity index (χ3v) is 7.33. The van der Waals surface area contributed by atoms with E-state index >= 15 is 0 Å². The molecule has 5 rings (SSSR count). The Kier molecular flexibility index (Phi) is 8.46. The van der Waals surface area contributed by atoms with Crippen LogP contribution in [0.15, 0.2) is 59.5 Å². The van der Waals surface area contributed by atoms with Gasteiger partial charge in [0.1, 0.15) is 11.2 Å². The Morgan fingerprint density at radius 3 is 2.68 bits per heavy atom. The molecule has 41 heavy (non-hydrogen) atoms. The number of nitrogens with zero attached hydrogens (tertiary/aromatic N) is 3. The van der Waals surface area contributed by atoms with Gasteiger partial charge in [-0.3, -0.25) is 14.4 Å². The van der Waals surface area contributed by atoms with E-state index in [0.717, 1.165) is 44.3 Å². The number of hydrogen-bond donors (Lipinski definition) is 5. The monoisotopic (exact) mass is 574 g/mol. The third-order valence-electron chi connectivity index (χ3n) is 7.00. The second kappa shape index (κ2) is 12.4. The first-order chi connectivity index (χ1) is 19.8. The molecule has 0 bridgehead atoms. The Bertz CT molecular complexity index is 1650. The molecule has 2 aromatic heterocycles. The van der Waals surface area contributed by atoms with E-state index in [-0.39, 0.29) is 28.2 Å². The number of amides is 2. The van der Waals surface area contributed by atoms with E-state index in [0.29, 0.717) is 34.8 Å². The Morgan fingerprint density at radius 2 is 1.90 bits per heavy atom. The lowest BCUT2D eigenvalue weighted by atomic mass is 10.1. The zero-order valence-corrected chi connectivity index (χ0v) is 23.1. The summed E-state index contributed by atoms with van der Waals surface area (Å²) in [6.45, 7) is 1.93. The zero-order valence-electron chi connectivity index (χ0n) is 22.3. The van der Waals surface area contributed by atoms with E-state index < -0.39 is 11.5 Å². The Morgan fingerprint density at radius 1 is 1.10 bits per heavy atom. The Hall–Kier alpha value is -4.48. The SMILES string of the molecule is Nc1cccc(CCCNC(=O)c2ccc(Cl)c(NC(=O)c3cc4cnc(N5CCC(N)CC5)nc4[nH]c3=O)c2)c1. The van der Waals surface area contributed by atoms with Gasteiger partial charge in [-0.2, -0.15) is 4.98 Å². The molecule has 0 aliphatic carbocycles. The van der Waals surface area contributed by atoms with Crippen LogP contribution in [0.5, 0.6) is 0 Å². The van der Waals surface area contributed by atoms with Crippen molar-refractivity contribution in [1.82, 2.24) is 20.3 Å². The number of piperidine rings is 1. The predicted octanol–water partition coefficient (Wildman–Crippen LogP) is 3.10. The van der Waals surface area contributed by atoms with E-state index in [9.17, 15) is 14.4 Å². The summed E-state index contributed by atoms with van der Waals surface area (Å²) < 4.78 is 0. The first-order valence-electron chi connectivity index (χ1n) is 13.4. The van der Waals surface area contributed by atoms with Gasteiger partial charge in [-0.1, -0.05) is 23.7 Å². The zero-order chi connectivity index (χ0) is 28.9. The predicted molar refractivity (Wildman–Crippen MR) is 160 cm³/mol. The van der Waals surface area contributed by atoms with Crippen molar-refractivity contribution >= 4 is 51.8 Å². The van der Waals surface area contributed by atoms with E-state index in [2.05, 4.69) is 25.6 Å². The lowest BCUT2D eigenvalue weighted by molar-refractivity contribution is 0.0951. The minimum atomic E-state index is -0.677. The second-order valence-corrected chi connectivity index (χ2v) is 10.5. The van der Waals surface area contributed by atoms with Crippen LogP contribution in [-0.2, 0) is 6.42 Å². The third kappa shape index (κ3) is 6.82. The standard InChI is InChI=1S/C29H31ClN8O3/c30-23-7-6-18(26(39)33-10-2-4-17-3-1-5-21(32)13-17)15-24(23)35-27(40)22-14-19-16-34-29(37-25(19)36-28(22)41)38-11-8-20(31)9-12-38/h1,3,5-7,13-16,20H,2,4,8-12,31-32H2,(H,33,39)(H,35,40)(H,34,36,37,41). The number of benzene rings is 2. The molecular formula is C29H31ClN8O3. The maximum atomic E-state index is 13.1. The highest BCUT2D eigenvalue weighted by Crippen LogP contribution is 2.24. The number of nitrogen functional groups attached to an aromatic ring is 1. The molecule has 2 aromatic carbocycles. The maximum absolute atomic E-state index is 13.1. The number of aromatic nitrogens is 3. The highest BCUT2D eigenvalue weighted by atomic mass is 35.5. The molecule has 0 spiro atoms. The van der Waals surface area contributed by atoms with Crippen LogP contribution < -0.4 is 32.6 Å². The van der Waals surface area contributed by atoms with Crippen LogP contribution in [0.1, 0.15) is 45.5 Å². The number of aryl methyl sites for hydroxylation is 1. The summed E-state index contributed by atoms with van der Waals surface area (Å²) in [7, 11) is 0. The number of pyridine rings is 1. The summed E-state index contributed by atoms with van der Waals surface area (Å²) in [5, 5.41) is 6.24. The smallest absolute Gasteiger partial charge is 0.262 e. The molecule has 1 saturated heterocycles. The number of aromatic amines is 1. The fraction of sp³-hybridized carbons (Fsp3) is 0.276. The lowest BCUT2D eigenvalue weighted by Gasteiger charge is -2.30. The molecule has 2 amide bonds. The van der Waals surface area contributed by atoms with Crippen LogP contribution in [-0.4, -0.2) is 52.4 Å². The molecule has 3 heterocycles. The van der Waals surface area contributed by atoms with Crippen LogP contribution in [0.3, 0.4) is 0 Å². The van der Waals surface area contributed by atoms with E-state index in [1.165, 1.54) is 18.2 Å². The molecule has 1 fully saturated rings. The van der Waals surface area contributed by atoms with Crippen molar-refractivity contribution in [3.05, 3.63) is 86.8 Å². The van der Waals surface area contributed by atoms with Crippen LogP contribution in [0.25, 0.3) is 11.0 Å². The van der Waals surface area contributed by atoms with Gasteiger partial charge in [0.15, 0.2) is 0 Å². The van der Waals surface area contributed by atoms with Crippen molar-refractivity contribution in [3.63, 3.8) is 0 Å². The van der Waals surface area contributed by atoms with Crippen LogP contribution in [0.2, 0.25) is 5.02 Å². The Balaban J connectivity index is 1.24. The fourth-order valence-electron chi connectivity index (χ4n) is 4.70. The molecule has 0 radical (unpaired) electrons. The summed E-state index contributed by atoms with van der Waals surface area (Å²) in [6.07, 6.45) is 4.75. The number of carbonyl (C=O) groups is 2. The average Bonchev–Trinajstić information content (AvgIpc) is 2.96. The van der Waals surface area contributed by atoms with Gasteiger partial charge in [-0.25, -0.2) is 4.98 Å². The largest absolute Gasteiger partial charge is 0.399 e. The molecular weight excluding hydrogens is 544 g/mol. The number of H-pyrrole nitrogens is 1. The Labute approximate surface area is 241 Å². The fourth-order valence-corrected chi connectivity index (χ4v) is 4.87. The minimum Gasteiger partial charge on any atom is -0.399 e. The van der Waals surface area contributed by atoms with Gasteiger partial charge in [0.2, 0.25) is 5.95 Å². The van der Waals surface area contributed by atoms with Gasteiger partial charge in [0.05, 0.1) is 10.7 Å². The molecule has 0 saturated carbocycles. The van der Waals surface area contributed by atoms with Crippen molar-refractivity contribution in [3.8, 4) is 0 Å². The summed E-state index contributed by atoms with van der Waals surface area (Å²) >= 11 is 6.30. The van der Waals surface area contributed by atoms with Crippen LogP contribution in [0.4, 0.5) is 17.3 Å². The number of hydrogen-bond acceptors (Lipinski definition) is 8. The second-order valence-electron chi connectivity index (χ2n) is 10.1. The molecule has 7 N–H and O–H groups in total. The highest BCUT2D eigenvalue weighted by Gasteiger charge is 2.20. The number of rotatable bonds is 8. The lowest BCUT2D eigenvalue weighted by Crippen LogP contribution is -2.40. The summed E-state index contributed by atoms with van der Waals surface area (Å²) in [4.78, 5) is 52.2. The molecule has 1 aliphatic heterocycles. The van der Waals surface area contributed by atoms with Gasteiger partial charge in [-0.15, -0.1) is 0 Å². The normalized spacial score (nSPS) is 13.8. The van der Waals surface area contributed by atoms with Gasteiger partial charge in [-0.05, 0) is 67.6 Å². The number of halogens is 1. The van der Waals surface area contributed by atoms with Gasteiger partial charge in [0, 0.05) is 48.5 Å². The molecule has 11 nitrogen and oxygen atoms in total.